The molecular weight excluding hydrogens is 386 g/mol. The van der Waals surface area contributed by atoms with Gasteiger partial charge in [-0.2, -0.15) is 0 Å². The van der Waals surface area contributed by atoms with Crippen LogP contribution in [0.15, 0.2) is 48.8 Å². The van der Waals surface area contributed by atoms with Gasteiger partial charge in [-0.1, -0.05) is 58.9 Å². The SMILES string of the molecule is CC(C)C(NC(=O)C1CCN(C(=O)c2ccncc2)CC1)c1ccc(C(C)(C)C)cc1. The van der Waals surface area contributed by atoms with Gasteiger partial charge in [0.2, 0.25) is 5.91 Å². The minimum atomic E-state index is -0.0587. The number of carbonyl (C=O) groups excluding carboxylic acids is 2. The maximum absolute atomic E-state index is 13.0. The third-order valence-corrected chi connectivity index (χ3v) is 6.18. The summed E-state index contributed by atoms with van der Waals surface area (Å²) in [5, 5.41) is 3.29. The lowest BCUT2D eigenvalue weighted by Gasteiger charge is -2.33. The van der Waals surface area contributed by atoms with Crippen LogP contribution in [0.3, 0.4) is 0 Å². The molecular formula is C26H35N3O2. The number of benzene rings is 1. The fourth-order valence-electron chi connectivity index (χ4n) is 4.12. The Balaban J connectivity index is 1.60. The quantitative estimate of drug-likeness (QED) is 0.758. The zero-order chi connectivity index (χ0) is 22.6. The first-order chi connectivity index (χ1) is 14.7. The number of piperidine rings is 1. The lowest BCUT2D eigenvalue weighted by Crippen LogP contribution is -2.44. The van der Waals surface area contributed by atoms with Gasteiger partial charge in [0, 0.05) is 37.0 Å². The topological polar surface area (TPSA) is 62.3 Å². The Morgan fingerprint density at radius 1 is 1.00 bits per heavy atom. The summed E-state index contributed by atoms with van der Waals surface area (Å²) in [5.41, 5.74) is 3.19. The second-order valence-electron chi connectivity index (χ2n) is 9.90. The van der Waals surface area contributed by atoms with Crippen LogP contribution < -0.4 is 5.32 Å². The summed E-state index contributed by atoms with van der Waals surface area (Å²) >= 11 is 0. The molecule has 0 radical (unpaired) electrons. The predicted molar refractivity (Wildman–Crippen MR) is 124 cm³/mol. The molecule has 1 aromatic carbocycles. The molecule has 1 aliphatic heterocycles. The number of aromatic nitrogens is 1. The third kappa shape index (κ3) is 5.72. The van der Waals surface area contributed by atoms with E-state index < -0.39 is 0 Å². The van der Waals surface area contributed by atoms with Crippen LogP contribution >= 0.6 is 0 Å². The van der Waals surface area contributed by atoms with Crippen molar-refractivity contribution < 1.29 is 9.59 Å². The van der Waals surface area contributed by atoms with E-state index in [0.717, 1.165) is 5.56 Å². The molecule has 5 heteroatoms. The van der Waals surface area contributed by atoms with Crippen molar-refractivity contribution in [2.45, 2.75) is 58.9 Å². The largest absolute Gasteiger partial charge is 0.349 e. The summed E-state index contributed by atoms with van der Waals surface area (Å²) in [7, 11) is 0. The number of hydrogen-bond donors (Lipinski definition) is 1. The highest BCUT2D eigenvalue weighted by atomic mass is 16.2. The molecule has 1 unspecified atom stereocenters. The van der Waals surface area contributed by atoms with Gasteiger partial charge in [-0.05, 0) is 47.4 Å². The molecule has 0 aliphatic carbocycles. The fraction of sp³-hybridized carbons (Fsp3) is 0.500. The van der Waals surface area contributed by atoms with Gasteiger partial charge in [0.05, 0.1) is 6.04 Å². The van der Waals surface area contributed by atoms with E-state index in [-0.39, 0.29) is 35.1 Å². The smallest absolute Gasteiger partial charge is 0.253 e. The number of amides is 2. The first-order valence-corrected chi connectivity index (χ1v) is 11.3. The highest BCUT2D eigenvalue weighted by Gasteiger charge is 2.30. The van der Waals surface area contributed by atoms with E-state index in [9.17, 15) is 9.59 Å². The summed E-state index contributed by atoms with van der Waals surface area (Å²) < 4.78 is 0. The Labute approximate surface area is 186 Å². The Morgan fingerprint density at radius 2 is 1.58 bits per heavy atom. The predicted octanol–water partition coefficient (Wildman–Crippen LogP) is 4.74. The molecule has 1 N–H and O–H groups in total. The van der Waals surface area contributed by atoms with E-state index in [1.54, 1.807) is 24.5 Å². The molecule has 1 saturated heterocycles. The summed E-state index contributed by atoms with van der Waals surface area (Å²) in [6.45, 7) is 12.1. The van der Waals surface area contributed by atoms with E-state index >= 15 is 0 Å². The van der Waals surface area contributed by atoms with Crippen molar-refractivity contribution in [2.24, 2.45) is 11.8 Å². The first kappa shape index (κ1) is 23.0. The number of likely N-dealkylation sites (tertiary alicyclic amines) is 1. The molecule has 3 rings (SSSR count). The molecule has 2 aromatic rings. The fourth-order valence-corrected chi connectivity index (χ4v) is 4.12. The van der Waals surface area contributed by atoms with Crippen LogP contribution in [-0.2, 0) is 10.2 Å². The lowest BCUT2D eigenvalue weighted by atomic mass is 9.85. The number of hydrogen-bond acceptors (Lipinski definition) is 3. The van der Waals surface area contributed by atoms with E-state index in [0.29, 0.717) is 31.5 Å². The van der Waals surface area contributed by atoms with Gasteiger partial charge in [-0.3, -0.25) is 14.6 Å². The van der Waals surface area contributed by atoms with Crippen LogP contribution in [0.1, 0.15) is 75.0 Å². The third-order valence-electron chi connectivity index (χ3n) is 6.18. The summed E-state index contributed by atoms with van der Waals surface area (Å²) in [6.07, 6.45) is 4.65. The molecule has 5 nitrogen and oxygen atoms in total. The van der Waals surface area contributed by atoms with E-state index in [2.05, 4.69) is 69.2 Å². The van der Waals surface area contributed by atoms with Crippen molar-refractivity contribution in [1.82, 2.24) is 15.2 Å². The second-order valence-corrected chi connectivity index (χ2v) is 9.90. The maximum atomic E-state index is 13.0. The lowest BCUT2D eigenvalue weighted by molar-refractivity contribution is -0.127. The van der Waals surface area contributed by atoms with Gasteiger partial charge in [0.15, 0.2) is 0 Å². The zero-order valence-electron chi connectivity index (χ0n) is 19.4. The molecule has 0 saturated carbocycles. The van der Waals surface area contributed by atoms with E-state index in [1.165, 1.54) is 5.56 Å². The van der Waals surface area contributed by atoms with Crippen LogP contribution in [0.2, 0.25) is 0 Å². The van der Waals surface area contributed by atoms with Crippen molar-refractivity contribution in [2.75, 3.05) is 13.1 Å². The van der Waals surface area contributed by atoms with Crippen molar-refractivity contribution in [1.29, 1.82) is 0 Å². The highest BCUT2D eigenvalue weighted by Crippen LogP contribution is 2.28. The number of carbonyl (C=O) groups is 2. The van der Waals surface area contributed by atoms with Gasteiger partial charge in [-0.25, -0.2) is 0 Å². The Hall–Kier alpha value is -2.69. The molecule has 1 aromatic heterocycles. The van der Waals surface area contributed by atoms with Crippen molar-refractivity contribution in [3.05, 3.63) is 65.5 Å². The first-order valence-electron chi connectivity index (χ1n) is 11.3. The minimum absolute atomic E-state index is 0.0141. The minimum Gasteiger partial charge on any atom is -0.349 e. The monoisotopic (exact) mass is 421 g/mol. The normalized spacial score (nSPS) is 16.3. The summed E-state index contributed by atoms with van der Waals surface area (Å²) in [5.74, 6) is 0.337. The van der Waals surface area contributed by atoms with Crippen LogP contribution in [-0.4, -0.2) is 34.8 Å². The molecule has 2 amide bonds. The van der Waals surface area contributed by atoms with Crippen molar-refractivity contribution >= 4 is 11.8 Å². The van der Waals surface area contributed by atoms with Crippen LogP contribution in [0.25, 0.3) is 0 Å². The van der Waals surface area contributed by atoms with Gasteiger partial charge < -0.3 is 10.2 Å². The molecule has 0 spiro atoms. The highest BCUT2D eigenvalue weighted by molar-refractivity contribution is 5.94. The average molecular weight is 422 g/mol. The van der Waals surface area contributed by atoms with E-state index in [4.69, 9.17) is 0 Å². The maximum Gasteiger partial charge on any atom is 0.253 e. The number of nitrogens with one attached hydrogen (secondary N) is 1. The molecule has 1 aliphatic rings. The Kier molecular flexibility index (Phi) is 7.14. The molecule has 166 valence electrons. The number of pyridine rings is 1. The molecule has 0 bridgehead atoms. The van der Waals surface area contributed by atoms with E-state index in [1.807, 2.05) is 4.90 Å². The van der Waals surface area contributed by atoms with Crippen LogP contribution in [0.5, 0.6) is 0 Å². The van der Waals surface area contributed by atoms with Crippen LogP contribution in [0, 0.1) is 11.8 Å². The molecule has 1 atom stereocenters. The Morgan fingerprint density at radius 3 is 2.10 bits per heavy atom. The van der Waals surface area contributed by atoms with Crippen molar-refractivity contribution in [3.8, 4) is 0 Å². The van der Waals surface area contributed by atoms with Gasteiger partial charge >= 0.3 is 0 Å². The molecule has 31 heavy (non-hydrogen) atoms. The van der Waals surface area contributed by atoms with Gasteiger partial charge in [-0.15, -0.1) is 0 Å². The van der Waals surface area contributed by atoms with Gasteiger partial charge in [0.25, 0.3) is 5.91 Å². The average Bonchev–Trinajstić information content (AvgIpc) is 2.77. The standard InChI is InChI=1S/C26H35N3O2/c1-18(2)23(19-6-8-22(9-7-19)26(3,4)5)28-24(30)20-12-16-29(17-13-20)25(31)21-10-14-27-15-11-21/h6-11,14-15,18,20,23H,12-13,16-17H2,1-5H3,(H,28,30). The molecule has 1 fully saturated rings. The van der Waals surface area contributed by atoms with Gasteiger partial charge in [0.1, 0.15) is 0 Å². The molecule has 2 heterocycles. The van der Waals surface area contributed by atoms with Crippen molar-refractivity contribution in [3.63, 3.8) is 0 Å². The number of rotatable bonds is 5. The summed E-state index contributed by atoms with van der Waals surface area (Å²) in [4.78, 5) is 31.5. The summed E-state index contributed by atoms with van der Waals surface area (Å²) in [6, 6.07) is 12.1. The number of nitrogens with zero attached hydrogens (tertiary/aromatic N) is 2. The Bertz CT molecular complexity index is 877. The van der Waals surface area contributed by atoms with Crippen LogP contribution in [0.4, 0.5) is 0 Å². The second kappa shape index (κ2) is 9.63. The zero-order valence-corrected chi connectivity index (χ0v) is 19.4.